The van der Waals surface area contributed by atoms with E-state index in [0.29, 0.717) is 17.2 Å². The third-order valence-electron chi connectivity index (χ3n) is 2.71. The number of benzene rings is 1. The van der Waals surface area contributed by atoms with Gasteiger partial charge < -0.3 is 10.5 Å². The summed E-state index contributed by atoms with van der Waals surface area (Å²) in [5, 5.41) is 0. The summed E-state index contributed by atoms with van der Waals surface area (Å²) in [7, 11) is 0. The minimum absolute atomic E-state index is 0.0861. The summed E-state index contributed by atoms with van der Waals surface area (Å²) in [5.41, 5.74) is 6.50. The van der Waals surface area contributed by atoms with Crippen LogP contribution < -0.4 is 10.5 Å². The Kier molecular flexibility index (Phi) is 4.30. The molecule has 2 atom stereocenters. The fourth-order valence-electron chi connectivity index (χ4n) is 1.32. The summed E-state index contributed by atoms with van der Waals surface area (Å²) >= 11 is 0. The van der Waals surface area contributed by atoms with Crippen LogP contribution in [0.3, 0.4) is 0 Å². The Morgan fingerprint density at radius 1 is 1.19 bits per heavy atom. The Morgan fingerprint density at radius 3 is 2.31 bits per heavy atom. The van der Waals surface area contributed by atoms with E-state index in [4.69, 9.17) is 10.5 Å². The largest absolute Gasteiger partial charge is 0.490 e. The molecule has 16 heavy (non-hydrogen) atoms. The number of hydrogen-bond donors (Lipinski definition) is 1. The van der Waals surface area contributed by atoms with E-state index >= 15 is 0 Å². The highest BCUT2D eigenvalue weighted by Crippen LogP contribution is 2.26. The number of hydrogen-bond acceptors (Lipinski definition) is 2. The van der Waals surface area contributed by atoms with Crippen LogP contribution in [0.25, 0.3) is 0 Å². The lowest BCUT2D eigenvalue weighted by Crippen LogP contribution is -2.20. The molecule has 1 rings (SSSR count). The second-order valence-corrected chi connectivity index (χ2v) is 4.54. The topological polar surface area (TPSA) is 35.2 Å². The molecule has 0 saturated carbocycles. The molecule has 0 amide bonds. The van der Waals surface area contributed by atoms with Gasteiger partial charge >= 0.3 is 0 Å². The van der Waals surface area contributed by atoms with Gasteiger partial charge in [0.2, 0.25) is 0 Å². The molecule has 2 N–H and O–H groups in total. The minimum atomic E-state index is -0.281. The summed E-state index contributed by atoms with van der Waals surface area (Å²) in [6, 6.07) is 4.25. The highest BCUT2D eigenvalue weighted by molar-refractivity contribution is 5.36. The molecule has 0 aromatic heterocycles. The Hall–Kier alpha value is -1.09. The Bertz CT molecular complexity index is 350. The first-order valence-electron chi connectivity index (χ1n) is 5.63. The van der Waals surface area contributed by atoms with Crippen molar-refractivity contribution < 1.29 is 9.13 Å². The van der Waals surface area contributed by atoms with Crippen molar-refractivity contribution in [1.82, 2.24) is 0 Å². The van der Waals surface area contributed by atoms with E-state index in [9.17, 15) is 4.39 Å². The van der Waals surface area contributed by atoms with Crippen LogP contribution in [-0.4, -0.2) is 6.10 Å². The first-order valence-corrected chi connectivity index (χ1v) is 5.63. The molecule has 0 aliphatic rings. The summed E-state index contributed by atoms with van der Waals surface area (Å²) in [6.07, 6.45) is 0.0861. The molecular formula is C13H20FNO. The molecule has 1 aromatic rings. The normalized spacial score (nSPS) is 14.9. The van der Waals surface area contributed by atoms with Crippen molar-refractivity contribution >= 4 is 0 Å². The molecule has 0 bridgehead atoms. The monoisotopic (exact) mass is 225 g/mol. The van der Waals surface area contributed by atoms with Gasteiger partial charge in [0.25, 0.3) is 0 Å². The second kappa shape index (κ2) is 5.30. The van der Waals surface area contributed by atoms with E-state index in [1.54, 1.807) is 6.07 Å². The lowest BCUT2D eigenvalue weighted by atomic mass is 10.1. The van der Waals surface area contributed by atoms with Crippen LogP contribution in [0.4, 0.5) is 4.39 Å². The van der Waals surface area contributed by atoms with Crippen LogP contribution in [0, 0.1) is 11.7 Å². The van der Waals surface area contributed by atoms with E-state index in [1.807, 2.05) is 13.8 Å². The van der Waals surface area contributed by atoms with Crippen molar-refractivity contribution in [1.29, 1.82) is 0 Å². The molecular weight excluding hydrogens is 205 g/mol. The van der Waals surface area contributed by atoms with Crippen molar-refractivity contribution in [2.24, 2.45) is 11.7 Å². The molecule has 0 aliphatic heterocycles. The van der Waals surface area contributed by atoms with Gasteiger partial charge in [-0.1, -0.05) is 13.8 Å². The zero-order valence-corrected chi connectivity index (χ0v) is 10.3. The third-order valence-corrected chi connectivity index (χ3v) is 2.71. The molecule has 0 fully saturated rings. The molecule has 0 radical (unpaired) electrons. The van der Waals surface area contributed by atoms with Gasteiger partial charge in [-0.25, -0.2) is 4.39 Å². The first-order chi connectivity index (χ1) is 7.41. The summed E-state index contributed by atoms with van der Waals surface area (Å²) in [4.78, 5) is 0. The van der Waals surface area contributed by atoms with E-state index < -0.39 is 0 Å². The predicted octanol–water partition coefficient (Wildman–Crippen LogP) is 3.27. The zero-order chi connectivity index (χ0) is 12.3. The van der Waals surface area contributed by atoms with E-state index in [-0.39, 0.29) is 18.0 Å². The number of halogens is 1. The highest BCUT2D eigenvalue weighted by Gasteiger charge is 2.14. The fourth-order valence-corrected chi connectivity index (χ4v) is 1.32. The lowest BCUT2D eigenvalue weighted by molar-refractivity contribution is 0.168. The van der Waals surface area contributed by atoms with Crippen LogP contribution in [0.2, 0.25) is 0 Å². The first kappa shape index (κ1) is 13.0. The molecule has 2 nitrogen and oxygen atoms in total. The molecule has 0 aliphatic carbocycles. The number of rotatable bonds is 4. The van der Waals surface area contributed by atoms with Crippen molar-refractivity contribution in [3.8, 4) is 5.75 Å². The van der Waals surface area contributed by atoms with Gasteiger partial charge in [-0.2, -0.15) is 0 Å². The van der Waals surface area contributed by atoms with Crippen molar-refractivity contribution in [2.45, 2.75) is 39.8 Å². The van der Waals surface area contributed by atoms with Gasteiger partial charge in [-0.15, -0.1) is 0 Å². The summed E-state index contributed by atoms with van der Waals surface area (Å²) < 4.78 is 18.9. The molecule has 0 spiro atoms. The van der Waals surface area contributed by atoms with Crippen LogP contribution in [-0.2, 0) is 0 Å². The quantitative estimate of drug-likeness (QED) is 0.853. The SMILES string of the molecule is CC(C)C(C)Oc1ccc(F)cc1[C@@H](C)N. The maximum Gasteiger partial charge on any atom is 0.124 e. The van der Waals surface area contributed by atoms with Gasteiger partial charge in [0, 0.05) is 11.6 Å². The van der Waals surface area contributed by atoms with Gasteiger partial charge in [0.15, 0.2) is 0 Å². The number of nitrogens with two attached hydrogens (primary N) is 1. The van der Waals surface area contributed by atoms with Crippen molar-refractivity contribution in [3.63, 3.8) is 0 Å². The van der Waals surface area contributed by atoms with Gasteiger partial charge in [-0.05, 0) is 38.0 Å². The zero-order valence-electron chi connectivity index (χ0n) is 10.3. The lowest BCUT2D eigenvalue weighted by Gasteiger charge is -2.21. The van der Waals surface area contributed by atoms with Crippen molar-refractivity contribution in [3.05, 3.63) is 29.6 Å². The Morgan fingerprint density at radius 2 is 1.81 bits per heavy atom. The minimum Gasteiger partial charge on any atom is -0.490 e. The highest BCUT2D eigenvalue weighted by atomic mass is 19.1. The molecule has 90 valence electrons. The molecule has 1 aromatic carbocycles. The maximum absolute atomic E-state index is 13.1. The smallest absolute Gasteiger partial charge is 0.124 e. The van der Waals surface area contributed by atoms with Crippen LogP contribution in [0.15, 0.2) is 18.2 Å². The third kappa shape index (κ3) is 3.20. The second-order valence-electron chi connectivity index (χ2n) is 4.54. The predicted molar refractivity (Wildman–Crippen MR) is 63.9 cm³/mol. The maximum atomic E-state index is 13.1. The average Bonchev–Trinajstić information content (AvgIpc) is 2.20. The fraction of sp³-hybridized carbons (Fsp3) is 0.538. The summed E-state index contributed by atoms with van der Waals surface area (Å²) in [6.45, 7) is 7.99. The van der Waals surface area contributed by atoms with Crippen molar-refractivity contribution in [2.75, 3.05) is 0 Å². The van der Waals surface area contributed by atoms with Crippen LogP contribution in [0.1, 0.15) is 39.3 Å². The van der Waals surface area contributed by atoms with Gasteiger partial charge in [0.1, 0.15) is 11.6 Å². The van der Waals surface area contributed by atoms with Crippen LogP contribution >= 0.6 is 0 Å². The molecule has 1 unspecified atom stereocenters. The van der Waals surface area contributed by atoms with E-state index in [2.05, 4.69) is 13.8 Å². The standard InChI is InChI=1S/C13H20FNO/c1-8(2)10(4)16-13-6-5-11(14)7-12(13)9(3)15/h5-10H,15H2,1-4H3/t9-,10?/m1/s1. The van der Waals surface area contributed by atoms with E-state index in [0.717, 1.165) is 0 Å². The Labute approximate surface area is 96.6 Å². The van der Waals surface area contributed by atoms with E-state index in [1.165, 1.54) is 12.1 Å². The average molecular weight is 225 g/mol. The van der Waals surface area contributed by atoms with Crippen LogP contribution in [0.5, 0.6) is 5.75 Å². The Balaban J connectivity index is 2.95. The summed E-state index contributed by atoms with van der Waals surface area (Å²) in [5.74, 6) is 0.806. The van der Waals surface area contributed by atoms with Gasteiger partial charge in [0.05, 0.1) is 6.10 Å². The molecule has 0 saturated heterocycles. The number of ether oxygens (including phenoxy) is 1. The van der Waals surface area contributed by atoms with Gasteiger partial charge in [-0.3, -0.25) is 0 Å². The molecule has 0 heterocycles. The molecule has 3 heteroatoms.